The first kappa shape index (κ1) is 18.9. The summed E-state index contributed by atoms with van der Waals surface area (Å²) in [5.41, 5.74) is -0.709. The molecule has 1 fully saturated rings. The molecule has 1 aliphatic rings. The van der Waals surface area contributed by atoms with Crippen molar-refractivity contribution in [3.8, 4) is 5.75 Å². The van der Waals surface area contributed by atoms with Gasteiger partial charge in [0, 0.05) is 43.9 Å². The highest BCUT2D eigenvalue weighted by atomic mass is 19.1. The molecule has 1 amide bonds. The number of ether oxygens (including phenoxy) is 1. The van der Waals surface area contributed by atoms with E-state index in [1.165, 1.54) is 25.4 Å². The number of aromatic nitrogens is 2. The molecule has 1 atom stereocenters. The number of rotatable bonds is 5. The van der Waals surface area contributed by atoms with E-state index in [1.807, 2.05) is 0 Å². The first-order chi connectivity index (χ1) is 12.9. The van der Waals surface area contributed by atoms with E-state index in [2.05, 4.69) is 4.98 Å². The van der Waals surface area contributed by atoms with Gasteiger partial charge in [-0.3, -0.25) is 14.2 Å². The molecular weight excluding hydrogens is 353 g/mol. The maximum absolute atomic E-state index is 13.2. The van der Waals surface area contributed by atoms with Crippen LogP contribution in [0.25, 0.3) is 0 Å². The molecule has 1 saturated heterocycles. The molecule has 1 aromatic carbocycles. The Hall–Kier alpha value is -2.90. The monoisotopic (exact) mass is 375 g/mol. The predicted octanol–water partition coefficient (Wildman–Crippen LogP) is 1.07. The van der Waals surface area contributed by atoms with Crippen molar-refractivity contribution in [2.24, 2.45) is 13.0 Å². The van der Waals surface area contributed by atoms with Gasteiger partial charge >= 0.3 is 5.69 Å². The minimum Gasteiger partial charge on any atom is -0.493 e. The third-order valence-electron chi connectivity index (χ3n) is 4.75. The van der Waals surface area contributed by atoms with E-state index in [4.69, 9.17) is 4.74 Å². The minimum atomic E-state index is -0.510. The van der Waals surface area contributed by atoms with Crippen molar-refractivity contribution in [1.29, 1.82) is 0 Å². The Morgan fingerprint density at radius 3 is 2.96 bits per heavy atom. The molecule has 1 aliphatic heterocycles. The van der Waals surface area contributed by atoms with Gasteiger partial charge in [0.1, 0.15) is 11.6 Å². The van der Waals surface area contributed by atoms with Gasteiger partial charge in [-0.1, -0.05) is 6.07 Å². The highest BCUT2D eigenvalue weighted by Crippen LogP contribution is 2.20. The molecule has 2 heterocycles. The second kappa shape index (κ2) is 8.20. The number of nitrogens with zero attached hydrogens (tertiary/aromatic N) is 2. The highest BCUT2D eigenvalue weighted by molar-refractivity contribution is 5.78. The number of H-pyrrole nitrogens is 1. The summed E-state index contributed by atoms with van der Waals surface area (Å²) in [6.45, 7) is 1.55. The molecule has 1 N–H and O–H groups in total. The number of aromatic amines is 1. The summed E-state index contributed by atoms with van der Waals surface area (Å²) >= 11 is 0. The third-order valence-corrected chi connectivity index (χ3v) is 4.75. The highest BCUT2D eigenvalue weighted by Gasteiger charge is 2.25. The zero-order valence-corrected chi connectivity index (χ0v) is 15.1. The van der Waals surface area contributed by atoms with Gasteiger partial charge in [-0.25, -0.2) is 9.18 Å². The van der Waals surface area contributed by atoms with Crippen molar-refractivity contribution < 1.29 is 13.9 Å². The number of hydrogen-bond acceptors (Lipinski definition) is 4. The number of amides is 1. The molecule has 3 rings (SSSR count). The van der Waals surface area contributed by atoms with E-state index in [0.717, 1.165) is 17.4 Å². The van der Waals surface area contributed by atoms with E-state index >= 15 is 0 Å². The smallest absolute Gasteiger partial charge is 0.328 e. The number of carbonyl (C=O) groups is 1. The molecule has 0 aliphatic carbocycles. The summed E-state index contributed by atoms with van der Waals surface area (Å²) in [4.78, 5) is 40.2. The molecular formula is C19H22FN3O4. The summed E-state index contributed by atoms with van der Waals surface area (Å²) in [5.74, 6) is 0.101. The Balaban J connectivity index is 1.59. The number of nitrogens with one attached hydrogen (secondary N) is 1. The van der Waals surface area contributed by atoms with Crippen molar-refractivity contribution in [2.75, 3.05) is 19.7 Å². The number of piperidine rings is 1. The number of hydrogen-bond donors (Lipinski definition) is 1. The van der Waals surface area contributed by atoms with Crippen molar-refractivity contribution in [2.45, 2.75) is 19.3 Å². The summed E-state index contributed by atoms with van der Waals surface area (Å²) < 4.78 is 19.8. The van der Waals surface area contributed by atoms with E-state index in [1.54, 1.807) is 17.0 Å². The van der Waals surface area contributed by atoms with Crippen molar-refractivity contribution >= 4 is 5.91 Å². The van der Waals surface area contributed by atoms with Crippen LogP contribution in [0.4, 0.5) is 4.39 Å². The molecule has 0 radical (unpaired) electrons. The zero-order chi connectivity index (χ0) is 19.4. The van der Waals surface area contributed by atoms with E-state index in [-0.39, 0.29) is 29.6 Å². The first-order valence-corrected chi connectivity index (χ1v) is 8.88. The first-order valence-electron chi connectivity index (χ1n) is 8.88. The number of carbonyl (C=O) groups excluding carboxylic acids is 1. The largest absolute Gasteiger partial charge is 0.493 e. The molecule has 0 saturated carbocycles. The van der Waals surface area contributed by atoms with Crippen LogP contribution in [0.3, 0.4) is 0 Å². The van der Waals surface area contributed by atoms with E-state index in [9.17, 15) is 18.8 Å². The summed E-state index contributed by atoms with van der Waals surface area (Å²) in [5, 5.41) is 0. The lowest BCUT2D eigenvalue weighted by Gasteiger charge is -2.32. The number of likely N-dealkylation sites (tertiary alicyclic amines) is 1. The standard InChI is InChI=1S/C19H22FN3O4/c1-22-18(25)14(10-21-19(22)26)8-17(24)23-7-3-4-13(11-23)12-27-16-6-2-5-15(20)9-16/h2,5-6,9-10,13H,3-4,7-8,11-12H2,1H3,(H,21,26)/t13-/m1/s1. The maximum Gasteiger partial charge on any atom is 0.328 e. The fourth-order valence-corrected chi connectivity index (χ4v) is 3.21. The molecule has 8 heteroatoms. The van der Waals surface area contributed by atoms with Gasteiger partial charge in [0.15, 0.2) is 0 Å². The van der Waals surface area contributed by atoms with Crippen molar-refractivity contribution in [1.82, 2.24) is 14.5 Å². The van der Waals surface area contributed by atoms with Crippen LogP contribution < -0.4 is 16.0 Å². The van der Waals surface area contributed by atoms with Gasteiger partial charge in [0.25, 0.3) is 5.56 Å². The van der Waals surface area contributed by atoms with Gasteiger partial charge in [-0.2, -0.15) is 0 Å². The molecule has 2 aromatic rings. The minimum absolute atomic E-state index is 0.0546. The molecule has 0 bridgehead atoms. The average Bonchev–Trinajstić information content (AvgIpc) is 2.67. The van der Waals surface area contributed by atoms with Crippen LogP contribution in [0.2, 0.25) is 0 Å². The number of benzene rings is 1. The van der Waals surface area contributed by atoms with Gasteiger partial charge in [-0.05, 0) is 25.0 Å². The molecule has 0 spiro atoms. The summed E-state index contributed by atoms with van der Waals surface area (Å²) in [7, 11) is 1.37. The lowest BCUT2D eigenvalue weighted by atomic mass is 9.98. The molecule has 27 heavy (non-hydrogen) atoms. The van der Waals surface area contributed by atoms with Gasteiger partial charge in [-0.15, -0.1) is 0 Å². The lowest BCUT2D eigenvalue weighted by Crippen LogP contribution is -2.43. The quantitative estimate of drug-likeness (QED) is 0.847. The van der Waals surface area contributed by atoms with Gasteiger partial charge in [0.05, 0.1) is 13.0 Å². The topological polar surface area (TPSA) is 84.4 Å². The van der Waals surface area contributed by atoms with Crippen LogP contribution in [0.15, 0.2) is 40.1 Å². The van der Waals surface area contributed by atoms with Crippen LogP contribution in [0, 0.1) is 11.7 Å². The molecule has 0 unspecified atom stereocenters. The Labute approximate surface area is 155 Å². The van der Waals surface area contributed by atoms with Crippen LogP contribution >= 0.6 is 0 Å². The zero-order valence-electron chi connectivity index (χ0n) is 15.1. The van der Waals surface area contributed by atoms with E-state index < -0.39 is 11.2 Å². The van der Waals surface area contributed by atoms with Crippen LogP contribution in [-0.4, -0.2) is 40.1 Å². The Morgan fingerprint density at radius 2 is 2.19 bits per heavy atom. The Bertz CT molecular complexity index is 937. The Morgan fingerprint density at radius 1 is 1.37 bits per heavy atom. The average molecular weight is 375 g/mol. The van der Waals surface area contributed by atoms with Crippen molar-refractivity contribution in [3.05, 3.63) is 62.7 Å². The van der Waals surface area contributed by atoms with Gasteiger partial charge in [0.2, 0.25) is 5.91 Å². The fraction of sp³-hybridized carbons (Fsp3) is 0.421. The second-order valence-electron chi connectivity index (χ2n) is 6.78. The maximum atomic E-state index is 13.2. The number of halogens is 1. The van der Waals surface area contributed by atoms with Crippen molar-refractivity contribution in [3.63, 3.8) is 0 Å². The fourth-order valence-electron chi connectivity index (χ4n) is 3.21. The van der Waals surface area contributed by atoms with E-state index in [0.29, 0.717) is 25.4 Å². The SMILES string of the molecule is Cn1c(=O)[nH]cc(CC(=O)N2CCC[C@@H](COc3cccc(F)c3)C2)c1=O. The normalized spacial score (nSPS) is 17.0. The second-order valence-corrected chi connectivity index (χ2v) is 6.78. The molecule has 1 aromatic heterocycles. The predicted molar refractivity (Wildman–Crippen MR) is 97.2 cm³/mol. The third kappa shape index (κ3) is 4.64. The summed E-state index contributed by atoms with van der Waals surface area (Å²) in [6.07, 6.45) is 3.00. The van der Waals surface area contributed by atoms with Crippen LogP contribution in [0.1, 0.15) is 18.4 Å². The van der Waals surface area contributed by atoms with Gasteiger partial charge < -0.3 is 14.6 Å². The van der Waals surface area contributed by atoms with Crippen LogP contribution in [0.5, 0.6) is 5.75 Å². The lowest BCUT2D eigenvalue weighted by molar-refractivity contribution is -0.132. The summed E-state index contributed by atoms with van der Waals surface area (Å²) in [6, 6.07) is 5.97. The Kier molecular flexibility index (Phi) is 5.73. The molecule has 7 nitrogen and oxygen atoms in total. The molecule has 144 valence electrons. The van der Waals surface area contributed by atoms with Crippen LogP contribution in [-0.2, 0) is 18.3 Å².